The third-order valence-corrected chi connectivity index (χ3v) is 6.91. The summed E-state index contributed by atoms with van der Waals surface area (Å²) in [7, 11) is 1.56. The molecule has 162 valence electrons. The van der Waals surface area contributed by atoms with Gasteiger partial charge in [-0.2, -0.15) is 0 Å². The van der Waals surface area contributed by atoms with Crippen LogP contribution in [0.1, 0.15) is 42.9 Å². The lowest BCUT2D eigenvalue weighted by Crippen LogP contribution is -2.34. The summed E-state index contributed by atoms with van der Waals surface area (Å²) in [6.07, 6.45) is 6.77. The van der Waals surface area contributed by atoms with Gasteiger partial charge in [-0.1, -0.05) is 17.8 Å². The van der Waals surface area contributed by atoms with Crippen molar-refractivity contribution >= 4 is 11.8 Å². The van der Waals surface area contributed by atoms with Gasteiger partial charge in [0.1, 0.15) is 11.6 Å². The molecule has 2 aliphatic heterocycles. The van der Waals surface area contributed by atoms with Crippen molar-refractivity contribution in [1.82, 2.24) is 19.8 Å². The Labute approximate surface area is 183 Å². The van der Waals surface area contributed by atoms with Gasteiger partial charge in [-0.05, 0) is 57.5 Å². The van der Waals surface area contributed by atoms with Crippen LogP contribution in [0.25, 0.3) is 0 Å². The van der Waals surface area contributed by atoms with E-state index in [1.54, 1.807) is 18.9 Å². The summed E-state index contributed by atoms with van der Waals surface area (Å²) >= 11 is 1.76. The summed E-state index contributed by atoms with van der Waals surface area (Å²) < 4.78 is 19.5. The maximum absolute atomic E-state index is 14.4. The molecule has 2 saturated heterocycles. The van der Waals surface area contributed by atoms with Gasteiger partial charge in [0.05, 0.1) is 7.11 Å². The molecule has 30 heavy (non-hydrogen) atoms. The largest absolute Gasteiger partial charge is 0.497 e. The molecule has 0 saturated carbocycles. The number of nitrogens with zero attached hydrogens (tertiary/aromatic N) is 4. The number of piperidine rings is 1. The van der Waals surface area contributed by atoms with Crippen LogP contribution in [-0.2, 0) is 6.54 Å². The predicted octanol–water partition coefficient (Wildman–Crippen LogP) is 4.19. The van der Waals surface area contributed by atoms with E-state index in [1.165, 1.54) is 32.0 Å². The maximum Gasteiger partial charge on any atom is 0.187 e. The molecule has 0 amide bonds. The highest BCUT2D eigenvalue weighted by atomic mass is 32.2. The van der Waals surface area contributed by atoms with Gasteiger partial charge in [-0.25, -0.2) is 14.4 Å². The Morgan fingerprint density at radius 2 is 1.97 bits per heavy atom. The van der Waals surface area contributed by atoms with Crippen LogP contribution in [0.3, 0.4) is 0 Å². The van der Waals surface area contributed by atoms with Gasteiger partial charge in [-0.15, -0.1) is 0 Å². The number of benzene rings is 1. The van der Waals surface area contributed by atoms with Crippen LogP contribution in [0, 0.1) is 5.82 Å². The highest BCUT2D eigenvalue weighted by Crippen LogP contribution is 2.28. The molecule has 2 aromatic rings. The van der Waals surface area contributed by atoms with E-state index in [0.717, 1.165) is 54.6 Å². The van der Waals surface area contributed by atoms with Crippen molar-refractivity contribution < 1.29 is 9.13 Å². The molecule has 0 bridgehead atoms. The van der Waals surface area contributed by atoms with Gasteiger partial charge < -0.3 is 9.64 Å². The quantitative estimate of drug-likeness (QED) is 0.462. The van der Waals surface area contributed by atoms with Gasteiger partial charge >= 0.3 is 0 Å². The molecule has 5 nitrogen and oxygen atoms in total. The first-order chi connectivity index (χ1) is 14.7. The second-order valence-electron chi connectivity index (χ2n) is 8.19. The Balaban J connectivity index is 1.33. The number of halogens is 1. The third kappa shape index (κ3) is 5.71. The normalized spacial score (nSPS) is 20.5. The minimum absolute atomic E-state index is 0.199. The van der Waals surface area contributed by atoms with E-state index in [4.69, 9.17) is 9.72 Å². The van der Waals surface area contributed by atoms with Crippen LogP contribution >= 0.6 is 11.8 Å². The minimum Gasteiger partial charge on any atom is -0.497 e. The van der Waals surface area contributed by atoms with Crippen molar-refractivity contribution in [2.75, 3.05) is 45.6 Å². The SMILES string of the molecule is COc1ccc(CN2CCC[C@@H](c3ccnc(SCCN4CCCC4)n3)C2)c(F)c1. The monoisotopic (exact) mass is 430 g/mol. The summed E-state index contributed by atoms with van der Waals surface area (Å²) in [6.45, 7) is 6.09. The molecule has 0 N–H and O–H groups in total. The zero-order chi connectivity index (χ0) is 20.8. The highest BCUT2D eigenvalue weighted by Gasteiger charge is 2.23. The summed E-state index contributed by atoms with van der Waals surface area (Å²) in [5.41, 5.74) is 1.84. The van der Waals surface area contributed by atoms with E-state index >= 15 is 0 Å². The van der Waals surface area contributed by atoms with Crippen molar-refractivity contribution in [2.45, 2.75) is 43.3 Å². The molecule has 0 radical (unpaired) electrons. The smallest absolute Gasteiger partial charge is 0.187 e. The zero-order valence-corrected chi connectivity index (χ0v) is 18.5. The van der Waals surface area contributed by atoms with Crippen molar-refractivity contribution in [3.63, 3.8) is 0 Å². The average Bonchev–Trinajstić information content (AvgIpc) is 3.29. The molecule has 2 fully saturated rings. The van der Waals surface area contributed by atoms with Gasteiger partial charge in [-0.3, -0.25) is 4.90 Å². The minimum atomic E-state index is -0.199. The zero-order valence-electron chi connectivity index (χ0n) is 17.7. The Morgan fingerprint density at radius 1 is 1.13 bits per heavy atom. The lowest BCUT2D eigenvalue weighted by atomic mass is 9.94. The molecule has 1 atom stereocenters. The van der Waals surface area contributed by atoms with E-state index in [1.807, 2.05) is 24.4 Å². The van der Waals surface area contributed by atoms with Gasteiger partial charge in [0.2, 0.25) is 0 Å². The van der Waals surface area contributed by atoms with E-state index in [2.05, 4.69) is 14.8 Å². The number of likely N-dealkylation sites (tertiary alicyclic amines) is 2. The molecule has 0 aliphatic carbocycles. The molecule has 1 aromatic carbocycles. The van der Waals surface area contributed by atoms with Crippen LogP contribution in [-0.4, -0.2) is 65.4 Å². The van der Waals surface area contributed by atoms with Crippen molar-refractivity contribution in [2.24, 2.45) is 0 Å². The van der Waals surface area contributed by atoms with E-state index in [9.17, 15) is 4.39 Å². The standard InChI is InChI=1S/C23H31FN4OS/c1-29-20-7-6-18(21(24)15-20)16-28-12-4-5-19(17-28)22-8-9-25-23(26-22)30-14-13-27-10-2-3-11-27/h6-9,15,19H,2-5,10-14,16-17H2,1H3/t19-/m1/s1. The van der Waals surface area contributed by atoms with E-state index in [-0.39, 0.29) is 5.82 Å². The predicted molar refractivity (Wildman–Crippen MR) is 119 cm³/mol. The van der Waals surface area contributed by atoms with E-state index < -0.39 is 0 Å². The van der Waals surface area contributed by atoms with Crippen LogP contribution in [0.5, 0.6) is 5.75 Å². The molecular weight excluding hydrogens is 399 g/mol. The van der Waals surface area contributed by atoms with Crippen LogP contribution in [0.4, 0.5) is 4.39 Å². The van der Waals surface area contributed by atoms with Crippen LogP contribution < -0.4 is 4.74 Å². The maximum atomic E-state index is 14.4. The summed E-state index contributed by atoms with van der Waals surface area (Å²) in [6, 6.07) is 7.17. The number of aromatic nitrogens is 2. The number of hydrogen-bond acceptors (Lipinski definition) is 6. The average molecular weight is 431 g/mol. The number of methoxy groups -OCH3 is 1. The Bertz CT molecular complexity index is 831. The highest BCUT2D eigenvalue weighted by molar-refractivity contribution is 7.99. The molecule has 0 spiro atoms. The Hall–Kier alpha value is -1.70. The van der Waals surface area contributed by atoms with Gasteiger partial charge in [0, 0.05) is 54.8 Å². The molecule has 7 heteroatoms. The van der Waals surface area contributed by atoms with Crippen molar-refractivity contribution in [3.8, 4) is 5.75 Å². The third-order valence-electron chi connectivity index (χ3n) is 6.07. The van der Waals surface area contributed by atoms with E-state index in [0.29, 0.717) is 18.2 Å². The van der Waals surface area contributed by atoms with Crippen molar-refractivity contribution in [1.29, 1.82) is 0 Å². The Kier molecular flexibility index (Phi) is 7.57. The molecule has 1 aromatic heterocycles. The summed E-state index contributed by atoms with van der Waals surface area (Å²) in [5, 5.41) is 0.880. The molecular formula is C23H31FN4OS. The second kappa shape index (κ2) is 10.6. The number of rotatable bonds is 8. The topological polar surface area (TPSA) is 41.5 Å². The van der Waals surface area contributed by atoms with Gasteiger partial charge in [0.25, 0.3) is 0 Å². The molecule has 2 aliphatic rings. The lowest BCUT2D eigenvalue weighted by Gasteiger charge is -2.32. The fourth-order valence-corrected chi connectivity index (χ4v) is 5.23. The number of ether oxygens (including phenoxy) is 1. The first-order valence-corrected chi connectivity index (χ1v) is 11.9. The lowest BCUT2D eigenvalue weighted by molar-refractivity contribution is 0.196. The van der Waals surface area contributed by atoms with Crippen LogP contribution in [0.15, 0.2) is 35.6 Å². The van der Waals surface area contributed by atoms with Crippen molar-refractivity contribution in [3.05, 3.63) is 47.5 Å². The number of thioether (sulfide) groups is 1. The van der Waals surface area contributed by atoms with Gasteiger partial charge in [0.15, 0.2) is 5.16 Å². The fraction of sp³-hybridized carbons (Fsp3) is 0.565. The first-order valence-electron chi connectivity index (χ1n) is 10.9. The number of hydrogen-bond donors (Lipinski definition) is 0. The van der Waals surface area contributed by atoms with Crippen LogP contribution in [0.2, 0.25) is 0 Å². The summed E-state index contributed by atoms with van der Waals surface area (Å²) in [5.74, 6) is 1.77. The summed E-state index contributed by atoms with van der Waals surface area (Å²) in [4.78, 5) is 14.2. The fourth-order valence-electron chi connectivity index (χ4n) is 4.39. The Morgan fingerprint density at radius 3 is 2.77 bits per heavy atom. The molecule has 0 unspecified atom stereocenters. The molecule has 4 rings (SSSR count). The molecule has 3 heterocycles. The first kappa shape index (κ1) is 21.5. The second-order valence-corrected chi connectivity index (χ2v) is 9.25.